The summed E-state index contributed by atoms with van der Waals surface area (Å²) in [7, 11) is -3.50. The number of rotatable bonds is 3. The molecule has 1 aromatic carbocycles. The molecule has 0 aliphatic heterocycles. The van der Waals surface area contributed by atoms with Gasteiger partial charge in [-0.25, -0.2) is 13.1 Å². The Labute approximate surface area is 127 Å². The van der Waals surface area contributed by atoms with E-state index >= 15 is 0 Å². The van der Waals surface area contributed by atoms with Crippen molar-refractivity contribution in [3.05, 3.63) is 29.3 Å². The van der Waals surface area contributed by atoms with Gasteiger partial charge in [-0.3, -0.25) is 0 Å². The molecule has 114 valence electrons. The van der Waals surface area contributed by atoms with Crippen LogP contribution in [0.4, 0.5) is 0 Å². The highest BCUT2D eigenvalue weighted by Gasteiger charge is 2.29. The Kier molecular flexibility index (Phi) is 5.04. The van der Waals surface area contributed by atoms with Crippen LogP contribution in [0.3, 0.4) is 0 Å². The standard InChI is InChI=1S/C16H22N2O2S/c1-12-5-3-7-15(12)18-21(19,20)16-11-14(6-4-10-17)9-8-13(16)2/h8-9,11-12,15,18H,3,5,7,10,17H2,1-2H3. The van der Waals surface area contributed by atoms with Crippen molar-refractivity contribution in [2.45, 2.75) is 44.0 Å². The third-order valence-electron chi connectivity index (χ3n) is 3.98. The minimum absolute atomic E-state index is 0.0354. The smallest absolute Gasteiger partial charge is 0.241 e. The number of nitrogens with two attached hydrogens (primary N) is 1. The fraction of sp³-hybridized carbons (Fsp3) is 0.500. The van der Waals surface area contributed by atoms with Crippen LogP contribution in [-0.4, -0.2) is 21.0 Å². The average Bonchev–Trinajstić information content (AvgIpc) is 2.82. The summed E-state index contributed by atoms with van der Waals surface area (Å²) in [5, 5.41) is 0. The zero-order valence-corrected chi connectivity index (χ0v) is 13.3. The summed E-state index contributed by atoms with van der Waals surface area (Å²) in [5.74, 6) is 6.01. The van der Waals surface area contributed by atoms with E-state index < -0.39 is 10.0 Å². The molecule has 0 bridgehead atoms. The highest BCUT2D eigenvalue weighted by Crippen LogP contribution is 2.27. The van der Waals surface area contributed by atoms with Gasteiger partial charge in [-0.2, -0.15) is 0 Å². The van der Waals surface area contributed by atoms with E-state index in [2.05, 4.69) is 23.5 Å². The van der Waals surface area contributed by atoms with Gasteiger partial charge in [0.15, 0.2) is 0 Å². The zero-order valence-electron chi connectivity index (χ0n) is 12.5. The van der Waals surface area contributed by atoms with Crippen molar-refractivity contribution in [2.24, 2.45) is 11.7 Å². The summed E-state index contributed by atoms with van der Waals surface area (Å²) in [5.41, 5.74) is 6.75. The fourth-order valence-corrected chi connectivity index (χ4v) is 4.35. The molecule has 3 N–H and O–H groups in total. The molecule has 0 aromatic heterocycles. The highest BCUT2D eigenvalue weighted by atomic mass is 32.2. The molecule has 1 aliphatic carbocycles. The molecule has 2 unspecified atom stereocenters. The van der Waals surface area contributed by atoms with Gasteiger partial charge in [0.25, 0.3) is 0 Å². The Balaban J connectivity index is 2.30. The van der Waals surface area contributed by atoms with Gasteiger partial charge in [-0.1, -0.05) is 31.3 Å². The van der Waals surface area contributed by atoms with E-state index in [1.807, 2.05) is 6.07 Å². The highest BCUT2D eigenvalue weighted by molar-refractivity contribution is 7.89. The average molecular weight is 306 g/mol. The van der Waals surface area contributed by atoms with E-state index in [1.54, 1.807) is 19.1 Å². The first-order chi connectivity index (χ1) is 9.94. The van der Waals surface area contributed by atoms with Crippen LogP contribution in [0, 0.1) is 24.7 Å². The number of nitrogens with one attached hydrogen (secondary N) is 1. The fourth-order valence-electron chi connectivity index (χ4n) is 2.70. The topological polar surface area (TPSA) is 72.2 Å². The van der Waals surface area contributed by atoms with Crippen molar-refractivity contribution in [1.82, 2.24) is 4.72 Å². The molecule has 4 nitrogen and oxygen atoms in total. The lowest BCUT2D eigenvalue weighted by molar-refractivity contribution is 0.476. The van der Waals surface area contributed by atoms with Gasteiger partial charge in [0.2, 0.25) is 10.0 Å². The Morgan fingerprint density at radius 1 is 1.38 bits per heavy atom. The molecule has 5 heteroatoms. The summed E-state index contributed by atoms with van der Waals surface area (Å²) in [4.78, 5) is 0.311. The number of benzene rings is 1. The van der Waals surface area contributed by atoms with Gasteiger partial charge in [-0.15, -0.1) is 0 Å². The van der Waals surface area contributed by atoms with Gasteiger partial charge >= 0.3 is 0 Å². The second kappa shape index (κ2) is 6.61. The molecule has 0 heterocycles. The lowest BCUT2D eigenvalue weighted by atomic mass is 10.1. The number of sulfonamides is 1. The molecule has 0 saturated heterocycles. The van der Waals surface area contributed by atoms with Crippen molar-refractivity contribution in [2.75, 3.05) is 6.54 Å². The molecule has 1 fully saturated rings. The summed E-state index contributed by atoms with van der Waals surface area (Å²) in [6.45, 7) is 4.15. The van der Waals surface area contributed by atoms with E-state index in [-0.39, 0.29) is 12.6 Å². The summed E-state index contributed by atoms with van der Waals surface area (Å²) >= 11 is 0. The minimum Gasteiger partial charge on any atom is -0.320 e. The van der Waals surface area contributed by atoms with Crippen molar-refractivity contribution in [3.8, 4) is 11.8 Å². The molecule has 1 aliphatic rings. The first-order valence-electron chi connectivity index (χ1n) is 7.26. The molecule has 0 radical (unpaired) electrons. The van der Waals surface area contributed by atoms with Crippen LogP contribution in [0.25, 0.3) is 0 Å². The predicted molar refractivity (Wildman–Crippen MR) is 84.2 cm³/mol. The van der Waals surface area contributed by atoms with E-state index in [0.29, 0.717) is 16.4 Å². The van der Waals surface area contributed by atoms with E-state index in [0.717, 1.165) is 24.8 Å². The van der Waals surface area contributed by atoms with E-state index in [1.165, 1.54) is 0 Å². The Morgan fingerprint density at radius 2 is 2.14 bits per heavy atom. The normalized spacial score (nSPS) is 21.9. The van der Waals surface area contributed by atoms with Gasteiger partial charge in [0, 0.05) is 11.6 Å². The van der Waals surface area contributed by atoms with Crippen LogP contribution < -0.4 is 10.5 Å². The lowest BCUT2D eigenvalue weighted by Gasteiger charge is -2.18. The molecule has 2 rings (SSSR count). The zero-order chi connectivity index (χ0) is 15.5. The van der Waals surface area contributed by atoms with Crippen LogP contribution >= 0.6 is 0 Å². The maximum Gasteiger partial charge on any atom is 0.241 e. The van der Waals surface area contributed by atoms with Crippen molar-refractivity contribution < 1.29 is 8.42 Å². The maximum atomic E-state index is 12.6. The van der Waals surface area contributed by atoms with Crippen LogP contribution in [0.2, 0.25) is 0 Å². The summed E-state index contributed by atoms with van der Waals surface area (Å²) in [6, 6.07) is 5.26. The second-order valence-corrected chi connectivity index (χ2v) is 7.30. The molecular weight excluding hydrogens is 284 g/mol. The largest absolute Gasteiger partial charge is 0.320 e. The quantitative estimate of drug-likeness (QED) is 0.836. The van der Waals surface area contributed by atoms with Gasteiger partial charge in [0.1, 0.15) is 0 Å². The Hall–Kier alpha value is -1.35. The maximum absolute atomic E-state index is 12.6. The summed E-state index contributed by atoms with van der Waals surface area (Å²) < 4.78 is 28.0. The minimum atomic E-state index is -3.50. The molecule has 1 saturated carbocycles. The van der Waals surface area contributed by atoms with Crippen LogP contribution in [0.1, 0.15) is 37.3 Å². The summed E-state index contributed by atoms with van der Waals surface area (Å²) in [6.07, 6.45) is 3.07. The number of hydrogen-bond donors (Lipinski definition) is 2. The molecular formula is C16H22N2O2S. The second-order valence-electron chi connectivity index (χ2n) is 5.62. The Bertz CT molecular complexity index is 671. The van der Waals surface area contributed by atoms with Crippen molar-refractivity contribution in [1.29, 1.82) is 0 Å². The molecule has 0 amide bonds. The number of aryl methyl sites for hydroxylation is 1. The van der Waals surface area contributed by atoms with Gasteiger partial charge in [-0.05, 0) is 43.4 Å². The monoisotopic (exact) mass is 306 g/mol. The van der Waals surface area contributed by atoms with Crippen LogP contribution in [0.15, 0.2) is 23.1 Å². The molecule has 1 aromatic rings. The third kappa shape index (κ3) is 3.85. The number of hydrogen-bond acceptors (Lipinski definition) is 3. The molecule has 0 spiro atoms. The predicted octanol–water partition coefficient (Wildman–Crippen LogP) is 1.77. The first kappa shape index (κ1) is 16.0. The SMILES string of the molecule is Cc1ccc(C#CCN)cc1S(=O)(=O)NC1CCCC1C. The van der Waals surface area contributed by atoms with E-state index in [4.69, 9.17) is 5.73 Å². The van der Waals surface area contributed by atoms with Crippen molar-refractivity contribution >= 4 is 10.0 Å². The van der Waals surface area contributed by atoms with Gasteiger partial charge in [0.05, 0.1) is 11.4 Å². The Morgan fingerprint density at radius 3 is 2.76 bits per heavy atom. The molecule has 21 heavy (non-hydrogen) atoms. The third-order valence-corrected chi connectivity index (χ3v) is 5.61. The van der Waals surface area contributed by atoms with Gasteiger partial charge < -0.3 is 5.73 Å². The molecule has 2 atom stereocenters. The van der Waals surface area contributed by atoms with Crippen LogP contribution in [-0.2, 0) is 10.0 Å². The van der Waals surface area contributed by atoms with E-state index in [9.17, 15) is 8.42 Å². The first-order valence-corrected chi connectivity index (χ1v) is 8.74. The van der Waals surface area contributed by atoms with Crippen LogP contribution in [0.5, 0.6) is 0 Å². The lowest BCUT2D eigenvalue weighted by Crippen LogP contribution is -2.36. The van der Waals surface area contributed by atoms with Crippen molar-refractivity contribution in [3.63, 3.8) is 0 Å².